The molecule has 0 saturated carbocycles. The number of aliphatic hydroxyl groups excluding tert-OH is 1. The zero-order chi connectivity index (χ0) is 19.4. The van der Waals surface area contributed by atoms with Crippen LogP contribution in [0.3, 0.4) is 0 Å². The monoisotopic (exact) mass is 368 g/mol. The fourth-order valence-corrected chi connectivity index (χ4v) is 3.14. The highest BCUT2D eigenvalue weighted by Gasteiger charge is 2.18. The van der Waals surface area contributed by atoms with Crippen LogP contribution >= 0.6 is 0 Å². The van der Waals surface area contributed by atoms with E-state index < -0.39 is 12.1 Å². The molecule has 3 rings (SSSR count). The highest BCUT2D eigenvalue weighted by Crippen LogP contribution is 2.28. The van der Waals surface area contributed by atoms with Crippen molar-refractivity contribution < 1.29 is 19.7 Å². The maximum Gasteiger partial charge on any atom is 0.338 e. The smallest absolute Gasteiger partial charge is 0.338 e. The molecular weight excluding hydrogens is 344 g/mol. The fraction of sp³-hybridized carbons (Fsp3) is 0.286. The van der Waals surface area contributed by atoms with Gasteiger partial charge in [0.2, 0.25) is 0 Å². The molecular formula is C21H24N2O4. The van der Waals surface area contributed by atoms with Crippen molar-refractivity contribution in [1.82, 2.24) is 9.88 Å². The number of rotatable bonds is 8. The maximum atomic E-state index is 11.6. The number of nitrogens with one attached hydrogen (secondary N) is 1. The SMILES string of the molecule is Cc1c(C(=O)O)c2cc(OCC(O)CNCc3ccccc3)ccc2n1C. The third-order valence-electron chi connectivity index (χ3n) is 4.67. The standard InChI is InChI=1S/C21H24N2O4/c1-14-20(21(25)26)18-10-17(8-9-19(18)23(14)2)27-13-16(24)12-22-11-15-6-4-3-5-7-15/h3-10,16,22,24H,11-13H2,1-2H3,(H,25,26). The number of fused-ring (bicyclic) bond motifs is 1. The first kappa shape index (κ1) is 18.9. The van der Waals surface area contributed by atoms with Gasteiger partial charge in [0.1, 0.15) is 18.5 Å². The Bertz CT molecular complexity index is 934. The second-order valence-corrected chi connectivity index (χ2v) is 6.58. The molecule has 0 aliphatic heterocycles. The summed E-state index contributed by atoms with van der Waals surface area (Å²) in [5.41, 5.74) is 2.96. The second-order valence-electron chi connectivity index (χ2n) is 6.58. The minimum absolute atomic E-state index is 0.127. The normalized spacial score (nSPS) is 12.3. The Labute approximate surface area is 158 Å². The minimum atomic E-state index is -0.958. The number of hydrogen-bond donors (Lipinski definition) is 3. The predicted octanol–water partition coefficient (Wildman–Crippen LogP) is 2.71. The summed E-state index contributed by atoms with van der Waals surface area (Å²) in [6.07, 6.45) is -0.666. The summed E-state index contributed by atoms with van der Waals surface area (Å²) in [5.74, 6) is -0.418. The van der Waals surface area contributed by atoms with Gasteiger partial charge >= 0.3 is 5.97 Å². The van der Waals surface area contributed by atoms with Crippen LogP contribution in [0.5, 0.6) is 5.75 Å². The van der Waals surface area contributed by atoms with Crippen molar-refractivity contribution in [2.75, 3.05) is 13.2 Å². The number of carboxylic acids is 1. The van der Waals surface area contributed by atoms with Gasteiger partial charge in [-0.3, -0.25) is 0 Å². The minimum Gasteiger partial charge on any atom is -0.491 e. The van der Waals surface area contributed by atoms with Crippen LogP contribution in [0.1, 0.15) is 21.6 Å². The van der Waals surface area contributed by atoms with E-state index in [9.17, 15) is 15.0 Å². The van der Waals surface area contributed by atoms with E-state index in [2.05, 4.69) is 5.32 Å². The molecule has 1 aromatic heterocycles. The Hall–Kier alpha value is -2.83. The van der Waals surface area contributed by atoms with Crippen molar-refractivity contribution in [3.05, 3.63) is 65.4 Å². The summed E-state index contributed by atoms with van der Waals surface area (Å²) < 4.78 is 7.52. The third-order valence-corrected chi connectivity index (χ3v) is 4.67. The first-order valence-corrected chi connectivity index (χ1v) is 8.85. The van der Waals surface area contributed by atoms with Gasteiger partial charge in [-0.2, -0.15) is 0 Å². The molecule has 0 bridgehead atoms. The van der Waals surface area contributed by atoms with E-state index in [0.29, 0.717) is 29.9 Å². The van der Waals surface area contributed by atoms with E-state index in [0.717, 1.165) is 11.1 Å². The molecule has 0 aliphatic rings. The number of aryl methyl sites for hydroxylation is 1. The van der Waals surface area contributed by atoms with Gasteiger partial charge in [0.25, 0.3) is 0 Å². The van der Waals surface area contributed by atoms with E-state index in [1.807, 2.05) is 48.0 Å². The van der Waals surface area contributed by atoms with E-state index >= 15 is 0 Å². The molecule has 0 radical (unpaired) electrons. The van der Waals surface area contributed by atoms with Gasteiger partial charge in [0.05, 0.1) is 5.56 Å². The van der Waals surface area contributed by atoms with Crippen LogP contribution in [0.25, 0.3) is 10.9 Å². The Morgan fingerprint density at radius 3 is 2.67 bits per heavy atom. The van der Waals surface area contributed by atoms with Gasteiger partial charge in [-0.1, -0.05) is 30.3 Å². The Morgan fingerprint density at radius 1 is 1.22 bits per heavy atom. The van der Waals surface area contributed by atoms with Crippen LogP contribution in [0.2, 0.25) is 0 Å². The third kappa shape index (κ3) is 4.30. The lowest BCUT2D eigenvalue weighted by atomic mass is 10.1. The van der Waals surface area contributed by atoms with Crippen LogP contribution in [-0.4, -0.2) is 40.0 Å². The lowest BCUT2D eigenvalue weighted by Crippen LogP contribution is -2.31. The lowest BCUT2D eigenvalue weighted by Gasteiger charge is -2.13. The second kappa shape index (κ2) is 8.24. The molecule has 0 saturated heterocycles. The molecule has 142 valence electrons. The number of ether oxygens (including phenoxy) is 1. The quantitative estimate of drug-likeness (QED) is 0.569. The first-order chi connectivity index (χ1) is 13.0. The summed E-state index contributed by atoms with van der Waals surface area (Å²) in [5, 5.41) is 23.4. The average Bonchev–Trinajstić information content (AvgIpc) is 2.91. The summed E-state index contributed by atoms with van der Waals surface area (Å²) in [7, 11) is 1.84. The van der Waals surface area contributed by atoms with Gasteiger partial charge in [0, 0.05) is 36.7 Å². The molecule has 3 N–H and O–H groups in total. The molecule has 0 aliphatic carbocycles. The molecule has 1 heterocycles. The highest BCUT2D eigenvalue weighted by molar-refractivity contribution is 6.05. The largest absolute Gasteiger partial charge is 0.491 e. The van der Waals surface area contributed by atoms with Crippen LogP contribution in [0.15, 0.2) is 48.5 Å². The van der Waals surface area contributed by atoms with Crippen molar-refractivity contribution in [2.24, 2.45) is 7.05 Å². The van der Waals surface area contributed by atoms with E-state index in [1.54, 1.807) is 19.1 Å². The van der Waals surface area contributed by atoms with Gasteiger partial charge in [-0.05, 0) is 30.7 Å². The zero-order valence-electron chi connectivity index (χ0n) is 15.5. The van der Waals surface area contributed by atoms with Crippen molar-refractivity contribution in [1.29, 1.82) is 0 Å². The number of aliphatic hydroxyl groups is 1. The molecule has 1 atom stereocenters. The molecule has 3 aromatic rings. The van der Waals surface area contributed by atoms with Crippen LogP contribution in [0, 0.1) is 6.92 Å². The molecule has 0 amide bonds. The molecule has 27 heavy (non-hydrogen) atoms. The molecule has 1 unspecified atom stereocenters. The molecule has 0 fully saturated rings. The van der Waals surface area contributed by atoms with Crippen molar-refractivity contribution >= 4 is 16.9 Å². The molecule has 2 aromatic carbocycles. The van der Waals surface area contributed by atoms with Gasteiger partial charge in [-0.15, -0.1) is 0 Å². The van der Waals surface area contributed by atoms with E-state index in [4.69, 9.17) is 4.74 Å². The van der Waals surface area contributed by atoms with E-state index in [1.165, 1.54) is 0 Å². The van der Waals surface area contributed by atoms with Crippen molar-refractivity contribution in [3.8, 4) is 5.75 Å². The summed E-state index contributed by atoms with van der Waals surface area (Å²) in [6, 6.07) is 15.3. The topological polar surface area (TPSA) is 83.7 Å². The van der Waals surface area contributed by atoms with Gasteiger partial charge < -0.3 is 24.8 Å². The Kier molecular flexibility index (Phi) is 5.78. The summed E-state index contributed by atoms with van der Waals surface area (Å²) >= 11 is 0. The van der Waals surface area contributed by atoms with E-state index in [-0.39, 0.29) is 12.2 Å². The average molecular weight is 368 g/mol. The number of carboxylic acid groups (broad SMARTS) is 1. The number of hydrogen-bond acceptors (Lipinski definition) is 4. The van der Waals surface area contributed by atoms with Crippen molar-refractivity contribution in [3.63, 3.8) is 0 Å². The molecule has 6 heteroatoms. The highest BCUT2D eigenvalue weighted by atomic mass is 16.5. The predicted molar refractivity (Wildman–Crippen MR) is 104 cm³/mol. The number of aromatic carboxylic acids is 1. The van der Waals surface area contributed by atoms with Crippen LogP contribution in [0.4, 0.5) is 0 Å². The van der Waals surface area contributed by atoms with Gasteiger partial charge in [0.15, 0.2) is 0 Å². The Balaban J connectivity index is 1.59. The number of carbonyl (C=O) groups is 1. The maximum absolute atomic E-state index is 11.6. The van der Waals surface area contributed by atoms with Crippen LogP contribution in [-0.2, 0) is 13.6 Å². The lowest BCUT2D eigenvalue weighted by molar-refractivity contribution is 0.0698. The number of benzene rings is 2. The summed E-state index contributed by atoms with van der Waals surface area (Å²) in [4.78, 5) is 11.6. The Morgan fingerprint density at radius 2 is 1.96 bits per heavy atom. The van der Waals surface area contributed by atoms with Gasteiger partial charge in [-0.25, -0.2) is 4.79 Å². The fourth-order valence-electron chi connectivity index (χ4n) is 3.14. The van der Waals surface area contributed by atoms with Crippen molar-refractivity contribution in [2.45, 2.75) is 19.6 Å². The number of nitrogens with zero attached hydrogens (tertiary/aromatic N) is 1. The van der Waals surface area contributed by atoms with Crippen LogP contribution < -0.4 is 10.1 Å². The first-order valence-electron chi connectivity index (χ1n) is 8.85. The zero-order valence-corrected chi connectivity index (χ0v) is 15.5. The molecule has 0 spiro atoms. The molecule has 6 nitrogen and oxygen atoms in total. The summed E-state index contributed by atoms with van der Waals surface area (Å²) in [6.45, 7) is 2.99. The number of aromatic nitrogens is 1.